The predicted octanol–water partition coefficient (Wildman–Crippen LogP) is 4.30. The summed E-state index contributed by atoms with van der Waals surface area (Å²) in [6, 6.07) is 1.33. The number of alkyl halides is 3. The van der Waals surface area contributed by atoms with Gasteiger partial charge in [0.2, 0.25) is 0 Å². The van der Waals surface area contributed by atoms with Gasteiger partial charge in [-0.05, 0) is 12.5 Å². The van der Waals surface area contributed by atoms with Crippen molar-refractivity contribution in [3.8, 4) is 0 Å². The van der Waals surface area contributed by atoms with E-state index in [1.807, 2.05) is 0 Å². The van der Waals surface area contributed by atoms with Gasteiger partial charge in [0.1, 0.15) is 5.69 Å². The van der Waals surface area contributed by atoms with Gasteiger partial charge in [-0.2, -0.15) is 13.2 Å². The average molecular weight is 286 g/mol. The van der Waals surface area contributed by atoms with Gasteiger partial charge in [-0.1, -0.05) is 23.2 Å². The molecule has 0 bridgehead atoms. The van der Waals surface area contributed by atoms with Gasteiger partial charge < -0.3 is 0 Å². The molecule has 1 rings (SSSR count). The van der Waals surface area contributed by atoms with Crippen molar-refractivity contribution in [2.45, 2.75) is 25.4 Å². The quantitative estimate of drug-likeness (QED) is 0.772. The number of aromatic nitrogens is 1. The second-order valence-corrected chi connectivity index (χ2v) is 4.22. The van der Waals surface area contributed by atoms with Gasteiger partial charge >= 0.3 is 6.18 Å². The Kier molecular flexibility index (Phi) is 4.77. The summed E-state index contributed by atoms with van der Waals surface area (Å²) in [7, 11) is 0. The molecule has 0 amide bonds. The van der Waals surface area contributed by atoms with Crippen molar-refractivity contribution in [3.05, 3.63) is 28.0 Å². The number of pyridine rings is 1. The largest absolute Gasteiger partial charge is 0.389 e. The topological polar surface area (TPSA) is 30.0 Å². The summed E-state index contributed by atoms with van der Waals surface area (Å²) in [6.45, 7) is 0. The Morgan fingerprint density at radius 1 is 1.35 bits per heavy atom. The predicted molar refractivity (Wildman–Crippen MR) is 58.5 cm³/mol. The fourth-order valence-electron chi connectivity index (χ4n) is 1.19. The molecule has 0 aliphatic carbocycles. The number of Topliss-reactive ketones (excluding diaryl/α,β-unsaturated/α-hetero) is 1. The van der Waals surface area contributed by atoms with Crippen LogP contribution in [-0.2, 0) is 0 Å². The molecular formula is C10H8Cl2F3NO. The summed E-state index contributed by atoms with van der Waals surface area (Å²) in [5.74, 6) is -0.518. The summed E-state index contributed by atoms with van der Waals surface area (Å²) in [5.41, 5.74) is -0.0433. The van der Waals surface area contributed by atoms with Crippen LogP contribution in [0, 0.1) is 0 Å². The normalized spacial score (nSPS) is 11.6. The summed E-state index contributed by atoms with van der Waals surface area (Å²) in [6.07, 6.45) is -4.54. The Labute approximate surface area is 106 Å². The zero-order chi connectivity index (χ0) is 13.1. The minimum atomic E-state index is -4.25. The van der Waals surface area contributed by atoms with Crippen LogP contribution in [0.4, 0.5) is 13.2 Å². The first kappa shape index (κ1) is 14.3. The summed E-state index contributed by atoms with van der Waals surface area (Å²) < 4.78 is 35.6. The number of rotatable bonds is 4. The Bertz CT molecular complexity index is 421. The molecule has 94 valence electrons. The van der Waals surface area contributed by atoms with Gasteiger partial charge in [-0.3, -0.25) is 9.78 Å². The number of hydrogen-bond donors (Lipinski definition) is 0. The van der Waals surface area contributed by atoms with Gasteiger partial charge in [-0.25, -0.2) is 0 Å². The van der Waals surface area contributed by atoms with Crippen LogP contribution in [0.15, 0.2) is 12.3 Å². The van der Waals surface area contributed by atoms with E-state index >= 15 is 0 Å². The summed E-state index contributed by atoms with van der Waals surface area (Å²) in [4.78, 5) is 15.2. The van der Waals surface area contributed by atoms with Crippen LogP contribution in [-0.4, -0.2) is 16.9 Å². The average Bonchev–Trinajstić information content (AvgIpc) is 2.15. The van der Waals surface area contributed by atoms with E-state index in [1.165, 1.54) is 12.3 Å². The van der Waals surface area contributed by atoms with Crippen LogP contribution in [0.2, 0.25) is 10.0 Å². The second kappa shape index (κ2) is 5.69. The Morgan fingerprint density at radius 2 is 2.00 bits per heavy atom. The van der Waals surface area contributed by atoms with Crippen molar-refractivity contribution >= 4 is 29.0 Å². The highest BCUT2D eigenvalue weighted by molar-refractivity contribution is 6.36. The van der Waals surface area contributed by atoms with E-state index in [2.05, 4.69) is 4.98 Å². The van der Waals surface area contributed by atoms with Crippen molar-refractivity contribution in [1.29, 1.82) is 0 Å². The van der Waals surface area contributed by atoms with E-state index in [9.17, 15) is 18.0 Å². The molecule has 17 heavy (non-hydrogen) atoms. The van der Waals surface area contributed by atoms with Crippen molar-refractivity contribution < 1.29 is 18.0 Å². The molecule has 0 fully saturated rings. The molecule has 0 saturated carbocycles. The number of halogens is 5. The van der Waals surface area contributed by atoms with E-state index < -0.39 is 18.4 Å². The van der Waals surface area contributed by atoms with Gasteiger partial charge in [0.25, 0.3) is 0 Å². The standard InChI is InChI=1S/C10H8Cl2F3NO/c11-6-4-7(12)9(16-5-6)8(17)2-1-3-10(13,14)15/h4-5H,1-3H2. The molecule has 0 spiro atoms. The van der Waals surface area contributed by atoms with Crippen LogP contribution in [0.25, 0.3) is 0 Å². The molecule has 2 nitrogen and oxygen atoms in total. The summed E-state index contributed by atoms with van der Waals surface area (Å²) >= 11 is 11.3. The zero-order valence-corrected chi connectivity index (χ0v) is 10.0. The van der Waals surface area contributed by atoms with E-state index in [0.29, 0.717) is 0 Å². The van der Waals surface area contributed by atoms with Gasteiger partial charge in [-0.15, -0.1) is 0 Å². The van der Waals surface area contributed by atoms with E-state index in [0.717, 1.165) is 0 Å². The van der Waals surface area contributed by atoms with Crippen molar-refractivity contribution in [2.24, 2.45) is 0 Å². The highest BCUT2D eigenvalue weighted by Gasteiger charge is 2.27. The third-order valence-corrected chi connectivity index (χ3v) is 2.43. The lowest BCUT2D eigenvalue weighted by atomic mass is 10.1. The molecule has 1 aromatic heterocycles. The van der Waals surface area contributed by atoms with Crippen molar-refractivity contribution in [2.75, 3.05) is 0 Å². The lowest BCUT2D eigenvalue weighted by Gasteiger charge is -2.05. The molecule has 0 radical (unpaired) electrons. The molecule has 0 aliphatic heterocycles. The van der Waals surface area contributed by atoms with E-state index in [1.54, 1.807) is 0 Å². The third kappa shape index (κ3) is 4.91. The van der Waals surface area contributed by atoms with Crippen LogP contribution in [0.5, 0.6) is 0 Å². The number of carbonyl (C=O) groups excluding carboxylic acids is 1. The third-order valence-electron chi connectivity index (χ3n) is 1.94. The molecule has 0 N–H and O–H groups in total. The number of ketones is 1. The molecule has 0 unspecified atom stereocenters. The molecule has 0 atom stereocenters. The minimum absolute atomic E-state index is 0.0433. The maximum atomic E-state index is 11.9. The first-order chi connectivity index (χ1) is 7.79. The molecule has 0 aromatic carbocycles. The Balaban J connectivity index is 2.59. The molecule has 0 aliphatic rings. The lowest BCUT2D eigenvalue weighted by molar-refractivity contribution is -0.135. The summed E-state index contributed by atoms with van der Waals surface area (Å²) in [5, 5.41) is 0.316. The smallest absolute Gasteiger partial charge is 0.292 e. The fourth-order valence-corrected chi connectivity index (χ4v) is 1.67. The lowest BCUT2D eigenvalue weighted by Crippen LogP contribution is -2.09. The SMILES string of the molecule is O=C(CCCC(F)(F)F)c1ncc(Cl)cc1Cl. The zero-order valence-electron chi connectivity index (χ0n) is 8.52. The maximum Gasteiger partial charge on any atom is 0.389 e. The first-order valence-electron chi connectivity index (χ1n) is 4.70. The van der Waals surface area contributed by atoms with Crippen LogP contribution in [0.1, 0.15) is 29.8 Å². The second-order valence-electron chi connectivity index (χ2n) is 3.38. The Hall–Kier alpha value is -0.810. The number of carbonyl (C=O) groups is 1. The maximum absolute atomic E-state index is 11.9. The van der Waals surface area contributed by atoms with Crippen molar-refractivity contribution in [3.63, 3.8) is 0 Å². The molecule has 1 aromatic rings. The van der Waals surface area contributed by atoms with Gasteiger partial charge in [0.05, 0.1) is 10.0 Å². The van der Waals surface area contributed by atoms with Crippen LogP contribution in [0.3, 0.4) is 0 Å². The molecule has 1 heterocycles. The van der Waals surface area contributed by atoms with Crippen LogP contribution >= 0.6 is 23.2 Å². The number of nitrogens with zero attached hydrogens (tertiary/aromatic N) is 1. The van der Waals surface area contributed by atoms with E-state index in [-0.39, 0.29) is 28.6 Å². The van der Waals surface area contributed by atoms with Crippen LogP contribution < -0.4 is 0 Å². The monoisotopic (exact) mass is 285 g/mol. The number of hydrogen-bond acceptors (Lipinski definition) is 2. The molecular weight excluding hydrogens is 278 g/mol. The highest BCUT2D eigenvalue weighted by atomic mass is 35.5. The van der Waals surface area contributed by atoms with Crippen molar-refractivity contribution in [1.82, 2.24) is 4.98 Å². The first-order valence-corrected chi connectivity index (χ1v) is 5.46. The molecule has 7 heteroatoms. The fraction of sp³-hybridized carbons (Fsp3) is 0.400. The Morgan fingerprint density at radius 3 is 2.53 bits per heavy atom. The highest BCUT2D eigenvalue weighted by Crippen LogP contribution is 2.24. The minimum Gasteiger partial charge on any atom is -0.292 e. The van der Waals surface area contributed by atoms with E-state index in [4.69, 9.17) is 23.2 Å². The molecule has 0 saturated heterocycles. The van der Waals surface area contributed by atoms with Gasteiger partial charge in [0.15, 0.2) is 5.78 Å². The van der Waals surface area contributed by atoms with Gasteiger partial charge in [0, 0.05) is 19.0 Å².